The smallest absolute Gasteiger partial charge is 0.140 e. The second-order valence-electron chi connectivity index (χ2n) is 6.27. The van der Waals surface area contributed by atoms with Gasteiger partial charge in [-0.15, -0.1) is 0 Å². The van der Waals surface area contributed by atoms with Crippen LogP contribution in [0.2, 0.25) is 0 Å². The molecular formula is C17H22N6O. The Labute approximate surface area is 140 Å². The molecule has 4 rings (SSSR count). The highest BCUT2D eigenvalue weighted by Gasteiger charge is 2.33. The standard InChI is InChI=1S/C17H22N6O/c1-2-23-14-10-22(11-4-7-24-8-5-11)17-15(13(18)3-6-20-17)16(19)12(14)9-21-23/h3,6,9,11,19H,2,4-5,7-8,10H2,1H3,(H2,18,20). The number of pyridine rings is 1. The summed E-state index contributed by atoms with van der Waals surface area (Å²) in [6.45, 7) is 5.07. The van der Waals surface area contributed by atoms with Crippen molar-refractivity contribution in [3.63, 3.8) is 0 Å². The van der Waals surface area contributed by atoms with E-state index in [1.165, 1.54) is 0 Å². The molecule has 24 heavy (non-hydrogen) atoms. The van der Waals surface area contributed by atoms with Crippen LogP contribution in [-0.2, 0) is 17.8 Å². The largest absolute Gasteiger partial charge is 0.398 e. The quantitative estimate of drug-likeness (QED) is 0.878. The lowest BCUT2D eigenvalue weighted by atomic mass is 10.0. The molecule has 0 unspecified atom stereocenters. The fourth-order valence-corrected chi connectivity index (χ4v) is 3.67. The number of nitrogens with one attached hydrogen (secondary N) is 1. The number of fused-ring (bicyclic) bond motifs is 2. The monoisotopic (exact) mass is 326 g/mol. The van der Waals surface area contributed by atoms with Gasteiger partial charge in [-0.05, 0) is 25.8 Å². The number of nitrogens with zero attached hydrogens (tertiary/aromatic N) is 4. The van der Waals surface area contributed by atoms with E-state index in [1.807, 2.05) is 4.68 Å². The molecule has 0 radical (unpaired) electrons. The van der Waals surface area contributed by atoms with E-state index in [1.54, 1.807) is 18.5 Å². The third kappa shape index (κ3) is 2.27. The van der Waals surface area contributed by atoms with Crippen molar-refractivity contribution in [2.45, 2.75) is 38.9 Å². The minimum absolute atomic E-state index is 0.339. The van der Waals surface area contributed by atoms with Crippen LogP contribution in [0.25, 0.3) is 0 Å². The van der Waals surface area contributed by atoms with Crippen LogP contribution in [0.15, 0.2) is 18.5 Å². The van der Waals surface area contributed by atoms with Crippen LogP contribution >= 0.6 is 0 Å². The van der Waals surface area contributed by atoms with Crippen LogP contribution in [0, 0.1) is 5.41 Å². The zero-order valence-electron chi connectivity index (χ0n) is 13.8. The molecule has 126 valence electrons. The molecule has 7 nitrogen and oxygen atoms in total. The van der Waals surface area contributed by atoms with Gasteiger partial charge in [0.25, 0.3) is 0 Å². The Balaban J connectivity index is 1.89. The second kappa shape index (κ2) is 5.90. The van der Waals surface area contributed by atoms with Crippen LogP contribution in [-0.4, -0.2) is 39.7 Å². The topological polar surface area (TPSA) is 93.1 Å². The van der Waals surface area contributed by atoms with Gasteiger partial charge in [-0.3, -0.25) is 10.1 Å². The van der Waals surface area contributed by atoms with E-state index < -0.39 is 0 Å². The minimum atomic E-state index is 0.339. The van der Waals surface area contributed by atoms with Crippen molar-refractivity contribution in [1.82, 2.24) is 14.8 Å². The molecule has 0 aromatic carbocycles. The molecule has 2 aromatic rings. The Morgan fingerprint density at radius 1 is 1.38 bits per heavy atom. The molecule has 0 aliphatic carbocycles. The molecule has 2 aliphatic heterocycles. The molecule has 0 amide bonds. The predicted molar refractivity (Wildman–Crippen MR) is 92.5 cm³/mol. The van der Waals surface area contributed by atoms with Gasteiger partial charge < -0.3 is 15.4 Å². The van der Waals surface area contributed by atoms with E-state index >= 15 is 0 Å². The van der Waals surface area contributed by atoms with Crippen molar-refractivity contribution in [3.05, 3.63) is 35.3 Å². The molecule has 3 N–H and O–H groups in total. The maximum absolute atomic E-state index is 8.70. The number of aryl methyl sites for hydroxylation is 1. The summed E-state index contributed by atoms with van der Waals surface area (Å²) in [5.74, 6) is 0.811. The van der Waals surface area contributed by atoms with Gasteiger partial charge in [0.2, 0.25) is 0 Å². The van der Waals surface area contributed by atoms with Crippen LogP contribution in [0.3, 0.4) is 0 Å². The van der Waals surface area contributed by atoms with E-state index in [4.69, 9.17) is 15.9 Å². The van der Waals surface area contributed by atoms with Gasteiger partial charge in [0.15, 0.2) is 0 Å². The lowest BCUT2D eigenvalue weighted by Gasteiger charge is -2.35. The molecule has 7 heteroatoms. The van der Waals surface area contributed by atoms with Crippen molar-refractivity contribution < 1.29 is 4.74 Å². The zero-order valence-corrected chi connectivity index (χ0v) is 13.8. The first-order valence-electron chi connectivity index (χ1n) is 8.43. The number of hydrogen-bond donors (Lipinski definition) is 2. The van der Waals surface area contributed by atoms with E-state index in [0.717, 1.165) is 55.2 Å². The molecule has 0 atom stereocenters. The second-order valence-corrected chi connectivity index (χ2v) is 6.27. The summed E-state index contributed by atoms with van der Waals surface area (Å²) in [5.41, 5.74) is 9.88. The van der Waals surface area contributed by atoms with Crippen LogP contribution < -0.4 is 10.6 Å². The van der Waals surface area contributed by atoms with Gasteiger partial charge in [-0.2, -0.15) is 5.10 Å². The molecule has 1 saturated heterocycles. The van der Waals surface area contributed by atoms with Crippen LogP contribution in [0.5, 0.6) is 0 Å². The maximum Gasteiger partial charge on any atom is 0.140 e. The summed E-state index contributed by atoms with van der Waals surface area (Å²) in [7, 11) is 0. The van der Waals surface area contributed by atoms with Gasteiger partial charge in [0.1, 0.15) is 5.82 Å². The van der Waals surface area contributed by atoms with E-state index in [9.17, 15) is 0 Å². The van der Waals surface area contributed by atoms with Crippen molar-refractivity contribution in [1.29, 1.82) is 5.41 Å². The number of anilines is 2. The molecule has 0 bridgehead atoms. The first kappa shape index (κ1) is 15.1. The minimum Gasteiger partial charge on any atom is -0.398 e. The Bertz CT molecular complexity index is 777. The van der Waals surface area contributed by atoms with Crippen molar-refractivity contribution in [3.8, 4) is 0 Å². The predicted octanol–water partition coefficient (Wildman–Crippen LogP) is 1.80. The van der Waals surface area contributed by atoms with Gasteiger partial charge in [0.05, 0.1) is 29.7 Å². The number of nitrogens with two attached hydrogens (primary N) is 1. The average molecular weight is 326 g/mol. The summed E-state index contributed by atoms with van der Waals surface area (Å²) in [6, 6.07) is 2.11. The number of ether oxygens (including phenoxy) is 1. The molecule has 0 saturated carbocycles. The molecule has 2 aromatic heterocycles. The van der Waals surface area contributed by atoms with Gasteiger partial charge in [-0.25, -0.2) is 4.98 Å². The highest BCUT2D eigenvalue weighted by molar-refractivity contribution is 6.17. The summed E-state index contributed by atoms with van der Waals surface area (Å²) >= 11 is 0. The molecule has 2 aliphatic rings. The van der Waals surface area contributed by atoms with Gasteiger partial charge in [-0.1, -0.05) is 0 Å². The van der Waals surface area contributed by atoms with E-state index in [2.05, 4.69) is 21.9 Å². The molecule has 4 heterocycles. The highest BCUT2D eigenvalue weighted by Crippen LogP contribution is 2.35. The van der Waals surface area contributed by atoms with Crippen LogP contribution in [0.4, 0.5) is 11.5 Å². The van der Waals surface area contributed by atoms with Crippen LogP contribution in [0.1, 0.15) is 36.6 Å². The van der Waals surface area contributed by atoms with E-state index in [0.29, 0.717) is 24.0 Å². The fourth-order valence-electron chi connectivity index (χ4n) is 3.67. The number of hydrogen-bond acceptors (Lipinski definition) is 6. The highest BCUT2D eigenvalue weighted by atomic mass is 16.5. The zero-order chi connectivity index (χ0) is 16.7. The van der Waals surface area contributed by atoms with Crippen molar-refractivity contribution in [2.75, 3.05) is 23.8 Å². The summed E-state index contributed by atoms with van der Waals surface area (Å²) < 4.78 is 7.49. The molecule has 0 spiro atoms. The summed E-state index contributed by atoms with van der Waals surface area (Å²) in [5, 5.41) is 13.2. The maximum atomic E-state index is 8.70. The Hall–Kier alpha value is -2.41. The first-order valence-corrected chi connectivity index (χ1v) is 8.43. The normalized spacial score (nSPS) is 18.2. The molecular weight excluding hydrogens is 304 g/mol. The Kier molecular flexibility index (Phi) is 3.72. The van der Waals surface area contributed by atoms with Gasteiger partial charge >= 0.3 is 0 Å². The fraction of sp³-hybridized carbons (Fsp3) is 0.471. The third-order valence-corrected chi connectivity index (χ3v) is 4.95. The Morgan fingerprint density at radius 3 is 2.92 bits per heavy atom. The SMILES string of the molecule is CCn1ncc2c1CN(C1CCOCC1)c1nccc(N)c1C2=N. The van der Waals surface area contributed by atoms with Crippen molar-refractivity contribution in [2.24, 2.45) is 0 Å². The summed E-state index contributed by atoms with van der Waals surface area (Å²) in [6.07, 6.45) is 5.43. The summed E-state index contributed by atoms with van der Waals surface area (Å²) in [4.78, 5) is 6.89. The first-order chi connectivity index (χ1) is 11.7. The molecule has 1 fully saturated rings. The Morgan fingerprint density at radius 2 is 2.17 bits per heavy atom. The van der Waals surface area contributed by atoms with Crippen molar-refractivity contribution >= 4 is 17.2 Å². The number of rotatable bonds is 2. The lowest BCUT2D eigenvalue weighted by Crippen LogP contribution is -2.40. The third-order valence-electron chi connectivity index (χ3n) is 4.95. The van der Waals surface area contributed by atoms with Gasteiger partial charge in [0, 0.05) is 43.2 Å². The average Bonchev–Trinajstić information content (AvgIpc) is 2.97. The number of nitrogen functional groups attached to an aromatic ring is 1. The number of aromatic nitrogens is 3. The van der Waals surface area contributed by atoms with E-state index in [-0.39, 0.29) is 0 Å². The lowest BCUT2D eigenvalue weighted by molar-refractivity contribution is 0.0838.